The highest BCUT2D eigenvalue weighted by Crippen LogP contribution is 2.27. The van der Waals surface area contributed by atoms with E-state index in [1.807, 2.05) is 0 Å². The van der Waals surface area contributed by atoms with E-state index in [1.54, 1.807) is 0 Å². The molecule has 0 saturated heterocycles. The van der Waals surface area contributed by atoms with Crippen LogP contribution in [0.4, 0.5) is 0 Å². The molecule has 2 rings (SSSR count). The van der Waals surface area contributed by atoms with Gasteiger partial charge >= 0.3 is 0 Å². The van der Waals surface area contributed by atoms with Gasteiger partial charge in [0.1, 0.15) is 0 Å². The van der Waals surface area contributed by atoms with Gasteiger partial charge in [0.15, 0.2) is 0 Å². The van der Waals surface area contributed by atoms with Crippen LogP contribution in [-0.4, -0.2) is 37.6 Å². The summed E-state index contributed by atoms with van der Waals surface area (Å²) in [4.78, 5) is 2.34. The third-order valence-electron chi connectivity index (χ3n) is 4.05. The Morgan fingerprint density at radius 2 is 1.53 bits per heavy atom. The van der Waals surface area contributed by atoms with Gasteiger partial charge in [-0.25, -0.2) is 0 Å². The van der Waals surface area contributed by atoms with Crippen LogP contribution in [0.1, 0.15) is 44.9 Å². The molecule has 2 fully saturated rings. The Labute approximate surface area is 94.4 Å². The molecule has 2 heteroatoms. The molecule has 0 bridgehead atoms. The highest BCUT2D eigenvalue weighted by atomic mass is 15.1. The lowest BCUT2D eigenvalue weighted by Crippen LogP contribution is -2.44. The van der Waals surface area contributed by atoms with Crippen LogP contribution < -0.4 is 5.32 Å². The molecular weight excluding hydrogens is 184 g/mol. The van der Waals surface area contributed by atoms with Gasteiger partial charge in [0, 0.05) is 18.6 Å². The molecule has 0 radical (unpaired) electrons. The van der Waals surface area contributed by atoms with Crippen LogP contribution in [0.25, 0.3) is 0 Å². The molecule has 0 aromatic heterocycles. The summed E-state index contributed by atoms with van der Waals surface area (Å²) < 4.78 is 0. The van der Waals surface area contributed by atoms with Crippen LogP contribution in [0, 0.1) is 5.92 Å². The monoisotopic (exact) mass is 210 g/mol. The Balaban J connectivity index is 1.62. The quantitative estimate of drug-likeness (QED) is 0.765. The molecule has 2 nitrogen and oxygen atoms in total. The predicted molar refractivity (Wildman–Crippen MR) is 65.1 cm³/mol. The van der Waals surface area contributed by atoms with Crippen molar-refractivity contribution in [1.29, 1.82) is 0 Å². The van der Waals surface area contributed by atoms with Crippen molar-refractivity contribution < 1.29 is 0 Å². The highest BCUT2D eigenvalue weighted by Gasteiger charge is 2.25. The summed E-state index contributed by atoms with van der Waals surface area (Å²) in [6, 6.07) is 1.72. The molecule has 1 N–H and O–H groups in total. The summed E-state index contributed by atoms with van der Waals surface area (Å²) in [6.45, 7) is 1.29. The van der Waals surface area contributed by atoms with Crippen molar-refractivity contribution in [3.63, 3.8) is 0 Å². The van der Waals surface area contributed by atoms with E-state index in [0.717, 1.165) is 18.0 Å². The van der Waals surface area contributed by atoms with Crippen LogP contribution in [-0.2, 0) is 0 Å². The standard InChI is InChI=1S/C13H26N2/c1-15(2)10-11-6-8-13(9-7-11)14-12-4-3-5-12/h11-14H,3-10H2,1-2H3. The van der Waals surface area contributed by atoms with Gasteiger partial charge in [0.2, 0.25) is 0 Å². The number of nitrogens with zero attached hydrogens (tertiary/aromatic N) is 1. The first-order valence-corrected chi connectivity index (χ1v) is 6.65. The van der Waals surface area contributed by atoms with E-state index in [-0.39, 0.29) is 0 Å². The largest absolute Gasteiger partial charge is 0.311 e. The molecule has 88 valence electrons. The lowest BCUT2D eigenvalue weighted by atomic mass is 9.84. The van der Waals surface area contributed by atoms with Crippen molar-refractivity contribution >= 4 is 0 Å². The van der Waals surface area contributed by atoms with Crippen LogP contribution >= 0.6 is 0 Å². The smallest absolute Gasteiger partial charge is 0.00698 e. The minimum Gasteiger partial charge on any atom is -0.311 e. The normalized spacial score (nSPS) is 33.0. The highest BCUT2D eigenvalue weighted by molar-refractivity contribution is 4.84. The SMILES string of the molecule is CN(C)CC1CCC(NC2CCC2)CC1. The van der Waals surface area contributed by atoms with Gasteiger partial charge in [-0.15, -0.1) is 0 Å². The lowest BCUT2D eigenvalue weighted by molar-refractivity contribution is 0.208. The van der Waals surface area contributed by atoms with E-state index in [1.165, 1.54) is 51.5 Å². The summed E-state index contributed by atoms with van der Waals surface area (Å²) in [5, 5.41) is 3.82. The maximum Gasteiger partial charge on any atom is 0.00698 e. The third kappa shape index (κ3) is 3.46. The first kappa shape index (κ1) is 11.4. The molecule has 2 saturated carbocycles. The number of nitrogens with one attached hydrogen (secondary N) is 1. The second-order valence-corrected chi connectivity index (χ2v) is 5.77. The second-order valence-electron chi connectivity index (χ2n) is 5.77. The summed E-state index contributed by atoms with van der Waals surface area (Å²) in [5.74, 6) is 0.958. The van der Waals surface area contributed by atoms with E-state index in [2.05, 4.69) is 24.3 Å². The number of rotatable bonds is 4. The Kier molecular flexibility index (Phi) is 4.04. The molecule has 2 aliphatic carbocycles. The average molecular weight is 210 g/mol. The van der Waals surface area contributed by atoms with Crippen molar-refractivity contribution in [2.24, 2.45) is 5.92 Å². The first-order valence-electron chi connectivity index (χ1n) is 6.65. The molecule has 0 amide bonds. The minimum absolute atomic E-state index is 0.841. The molecule has 0 unspecified atom stereocenters. The van der Waals surface area contributed by atoms with Gasteiger partial charge in [-0.2, -0.15) is 0 Å². The number of hydrogen-bond acceptors (Lipinski definition) is 2. The molecule has 0 heterocycles. The van der Waals surface area contributed by atoms with Crippen molar-refractivity contribution in [2.75, 3.05) is 20.6 Å². The van der Waals surface area contributed by atoms with Crippen LogP contribution in [0.15, 0.2) is 0 Å². The summed E-state index contributed by atoms with van der Waals surface area (Å²) >= 11 is 0. The van der Waals surface area contributed by atoms with Crippen molar-refractivity contribution in [2.45, 2.75) is 57.0 Å². The van der Waals surface area contributed by atoms with Gasteiger partial charge in [-0.05, 0) is 58.5 Å². The van der Waals surface area contributed by atoms with E-state index in [4.69, 9.17) is 0 Å². The van der Waals surface area contributed by atoms with Gasteiger partial charge in [-0.3, -0.25) is 0 Å². The lowest BCUT2D eigenvalue weighted by Gasteiger charge is -2.36. The fourth-order valence-electron chi connectivity index (χ4n) is 2.94. The Morgan fingerprint density at radius 1 is 0.933 bits per heavy atom. The molecule has 15 heavy (non-hydrogen) atoms. The fraction of sp³-hybridized carbons (Fsp3) is 1.00. The van der Waals surface area contributed by atoms with Crippen molar-refractivity contribution in [3.8, 4) is 0 Å². The molecule has 0 spiro atoms. The first-order chi connectivity index (χ1) is 7.24. The summed E-state index contributed by atoms with van der Waals surface area (Å²) in [5.41, 5.74) is 0. The fourth-order valence-corrected chi connectivity index (χ4v) is 2.94. The van der Waals surface area contributed by atoms with Gasteiger partial charge in [-0.1, -0.05) is 6.42 Å². The third-order valence-corrected chi connectivity index (χ3v) is 4.05. The second kappa shape index (κ2) is 5.31. The predicted octanol–water partition coefficient (Wildman–Crippen LogP) is 2.25. The molecular formula is C13H26N2. The van der Waals surface area contributed by atoms with Crippen molar-refractivity contribution in [3.05, 3.63) is 0 Å². The summed E-state index contributed by atoms with van der Waals surface area (Å²) in [7, 11) is 4.39. The van der Waals surface area contributed by atoms with Crippen LogP contribution in [0.5, 0.6) is 0 Å². The zero-order valence-corrected chi connectivity index (χ0v) is 10.3. The van der Waals surface area contributed by atoms with E-state index in [9.17, 15) is 0 Å². The van der Waals surface area contributed by atoms with Crippen LogP contribution in [0.3, 0.4) is 0 Å². The average Bonchev–Trinajstić information content (AvgIpc) is 2.13. The molecule has 0 atom stereocenters. The maximum absolute atomic E-state index is 3.82. The Morgan fingerprint density at radius 3 is 2.00 bits per heavy atom. The van der Waals surface area contributed by atoms with Gasteiger partial charge in [0.25, 0.3) is 0 Å². The topological polar surface area (TPSA) is 15.3 Å². The van der Waals surface area contributed by atoms with Gasteiger partial charge in [0.05, 0.1) is 0 Å². The van der Waals surface area contributed by atoms with E-state index in [0.29, 0.717) is 0 Å². The van der Waals surface area contributed by atoms with E-state index >= 15 is 0 Å². The maximum atomic E-state index is 3.82. The number of hydrogen-bond donors (Lipinski definition) is 1. The summed E-state index contributed by atoms with van der Waals surface area (Å²) in [6.07, 6.45) is 10.00. The molecule has 0 aliphatic heterocycles. The van der Waals surface area contributed by atoms with Crippen LogP contribution in [0.2, 0.25) is 0 Å². The Bertz CT molecular complexity index is 179. The molecule has 2 aliphatic rings. The molecule has 0 aromatic rings. The van der Waals surface area contributed by atoms with E-state index < -0.39 is 0 Å². The van der Waals surface area contributed by atoms with Gasteiger partial charge < -0.3 is 10.2 Å². The zero-order valence-electron chi connectivity index (χ0n) is 10.3. The zero-order chi connectivity index (χ0) is 10.7. The Hall–Kier alpha value is -0.0800. The minimum atomic E-state index is 0.841. The molecule has 0 aromatic carbocycles. The van der Waals surface area contributed by atoms with Crippen molar-refractivity contribution in [1.82, 2.24) is 10.2 Å².